The zero-order chi connectivity index (χ0) is 23.2. The summed E-state index contributed by atoms with van der Waals surface area (Å²) in [6.45, 7) is 7.95. The lowest BCUT2D eigenvalue weighted by Crippen LogP contribution is -2.06. The lowest BCUT2D eigenvalue weighted by atomic mass is 10.0. The molecule has 32 heavy (non-hydrogen) atoms. The third-order valence-corrected chi connectivity index (χ3v) is 6.66. The van der Waals surface area contributed by atoms with E-state index in [4.69, 9.17) is 9.47 Å². The van der Waals surface area contributed by atoms with Crippen molar-refractivity contribution in [3.8, 4) is 0 Å². The van der Waals surface area contributed by atoms with Gasteiger partial charge in [-0.2, -0.15) is 0 Å². The minimum Gasteiger partial charge on any atom is -0.379 e. The smallest absolute Gasteiger partial charge is 0.0700 e. The molecule has 0 heterocycles. The van der Waals surface area contributed by atoms with Crippen molar-refractivity contribution < 1.29 is 9.47 Å². The SMILES string of the molecule is CCCCCCCCCCCCCCCCCCOCCOCCCCCCCCCC. The number of hydrogen-bond acceptors (Lipinski definition) is 2. The van der Waals surface area contributed by atoms with Crippen LogP contribution >= 0.6 is 0 Å². The number of hydrogen-bond donors (Lipinski definition) is 0. The molecule has 0 saturated heterocycles. The molecule has 0 aliphatic rings. The maximum absolute atomic E-state index is 5.71. The predicted octanol–water partition coefficient (Wildman–Crippen LogP) is 10.4. The van der Waals surface area contributed by atoms with E-state index in [0.717, 1.165) is 26.4 Å². The zero-order valence-corrected chi connectivity index (χ0v) is 22.6. The molecule has 0 bridgehead atoms. The summed E-state index contributed by atoms with van der Waals surface area (Å²) in [5, 5.41) is 0. The van der Waals surface area contributed by atoms with E-state index in [9.17, 15) is 0 Å². The molecule has 0 radical (unpaired) electrons. The van der Waals surface area contributed by atoms with Crippen LogP contribution in [0.4, 0.5) is 0 Å². The number of rotatable bonds is 29. The van der Waals surface area contributed by atoms with Crippen LogP contribution in [0.5, 0.6) is 0 Å². The summed E-state index contributed by atoms with van der Waals surface area (Å²) in [5.74, 6) is 0. The van der Waals surface area contributed by atoms with Crippen molar-refractivity contribution in [1.29, 1.82) is 0 Å². The maximum Gasteiger partial charge on any atom is 0.0700 e. The molecule has 0 saturated carbocycles. The van der Waals surface area contributed by atoms with Gasteiger partial charge in [-0.25, -0.2) is 0 Å². The minimum absolute atomic E-state index is 0.773. The van der Waals surface area contributed by atoms with Crippen LogP contribution < -0.4 is 0 Å². The molecule has 0 aromatic heterocycles. The van der Waals surface area contributed by atoms with E-state index < -0.39 is 0 Å². The summed E-state index contributed by atoms with van der Waals surface area (Å²) in [6, 6.07) is 0. The van der Waals surface area contributed by atoms with E-state index in [0.29, 0.717) is 0 Å². The number of unbranched alkanes of at least 4 members (excludes halogenated alkanes) is 22. The summed E-state index contributed by atoms with van der Waals surface area (Å²) in [4.78, 5) is 0. The van der Waals surface area contributed by atoms with Gasteiger partial charge in [-0.15, -0.1) is 0 Å². The Morgan fingerprint density at radius 2 is 0.469 bits per heavy atom. The Labute approximate surface area is 204 Å². The Kier molecular flexibility index (Phi) is 30.8. The normalized spacial score (nSPS) is 11.4. The first kappa shape index (κ1) is 31.9. The third-order valence-electron chi connectivity index (χ3n) is 6.66. The Morgan fingerprint density at radius 1 is 0.250 bits per heavy atom. The monoisotopic (exact) mass is 454 g/mol. The molecule has 0 N–H and O–H groups in total. The Balaban J connectivity index is 2.98. The highest BCUT2D eigenvalue weighted by Crippen LogP contribution is 2.13. The van der Waals surface area contributed by atoms with Gasteiger partial charge in [-0.1, -0.05) is 155 Å². The molecule has 0 aromatic rings. The zero-order valence-electron chi connectivity index (χ0n) is 22.6. The second kappa shape index (κ2) is 30.9. The molecule has 0 aliphatic carbocycles. The van der Waals surface area contributed by atoms with Crippen molar-refractivity contribution >= 4 is 0 Å². The average molecular weight is 455 g/mol. The molecule has 2 nitrogen and oxygen atoms in total. The molecule has 0 spiro atoms. The van der Waals surface area contributed by atoms with Gasteiger partial charge in [-0.05, 0) is 12.8 Å². The van der Waals surface area contributed by atoms with Crippen molar-refractivity contribution in [2.45, 2.75) is 168 Å². The van der Waals surface area contributed by atoms with Crippen LogP contribution in [0.25, 0.3) is 0 Å². The molecule has 2 heteroatoms. The largest absolute Gasteiger partial charge is 0.379 e. The maximum atomic E-state index is 5.71. The Hall–Kier alpha value is -0.0800. The van der Waals surface area contributed by atoms with Crippen LogP contribution in [-0.4, -0.2) is 26.4 Å². The summed E-state index contributed by atoms with van der Waals surface area (Å²) in [5.41, 5.74) is 0. The van der Waals surface area contributed by atoms with Crippen LogP contribution in [-0.2, 0) is 9.47 Å². The average Bonchev–Trinajstić information content (AvgIpc) is 2.81. The van der Waals surface area contributed by atoms with Gasteiger partial charge in [0.25, 0.3) is 0 Å². The van der Waals surface area contributed by atoms with Gasteiger partial charge in [0.15, 0.2) is 0 Å². The van der Waals surface area contributed by atoms with Crippen LogP contribution in [0.3, 0.4) is 0 Å². The van der Waals surface area contributed by atoms with Crippen LogP contribution in [0.1, 0.15) is 168 Å². The lowest BCUT2D eigenvalue weighted by Gasteiger charge is -2.06. The fraction of sp³-hybridized carbons (Fsp3) is 1.00. The van der Waals surface area contributed by atoms with E-state index in [-0.39, 0.29) is 0 Å². The van der Waals surface area contributed by atoms with E-state index in [2.05, 4.69) is 13.8 Å². The highest BCUT2D eigenvalue weighted by atomic mass is 16.5. The molecule has 194 valence electrons. The summed E-state index contributed by atoms with van der Waals surface area (Å²) >= 11 is 0. The Morgan fingerprint density at radius 3 is 0.719 bits per heavy atom. The number of ether oxygens (including phenoxy) is 2. The van der Waals surface area contributed by atoms with Crippen molar-refractivity contribution in [3.63, 3.8) is 0 Å². The minimum atomic E-state index is 0.773. The van der Waals surface area contributed by atoms with Gasteiger partial charge < -0.3 is 9.47 Å². The fourth-order valence-corrected chi connectivity index (χ4v) is 4.41. The van der Waals surface area contributed by atoms with Gasteiger partial charge in [0.05, 0.1) is 13.2 Å². The second-order valence-electron chi connectivity index (χ2n) is 10.0. The Bertz CT molecular complexity index is 275. The summed E-state index contributed by atoms with van der Waals surface area (Å²) in [7, 11) is 0. The summed E-state index contributed by atoms with van der Waals surface area (Å²) in [6.07, 6.45) is 33.6. The predicted molar refractivity (Wildman–Crippen MR) is 144 cm³/mol. The van der Waals surface area contributed by atoms with E-state index in [1.807, 2.05) is 0 Å². The molecule has 0 aliphatic heterocycles. The quantitative estimate of drug-likeness (QED) is 0.105. The highest BCUT2D eigenvalue weighted by molar-refractivity contribution is 4.50. The molecule has 0 unspecified atom stereocenters. The molecule has 0 fully saturated rings. The molecular weight excluding hydrogens is 392 g/mol. The molecule has 0 atom stereocenters. The third kappa shape index (κ3) is 29.9. The second-order valence-corrected chi connectivity index (χ2v) is 10.0. The van der Waals surface area contributed by atoms with Gasteiger partial charge in [0.1, 0.15) is 0 Å². The van der Waals surface area contributed by atoms with Crippen molar-refractivity contribution in [2.24, 2.45) is 0 Å². The van der Waals surface area contributed by atoms with Crippen LogP contribution in [0.15, 0.2) is 0 Å². The first-order valence-electron chi connectivity index (χ1n) is 15.1. The van der Waals surface area contributed by atoms with Gasteiger partial charge in [0, 0.05) is 13.2 Å². The molecular formula is C30H62O2. The molecule has 0 amide bonds. The van der Waals surface area contributed by atoms with Crippen LogP contribution in [0, 0.1) is 0 Å². The van der Waals surface area contributed by atoms with Crippen molar-refractivity contribution in [3.05, 3.63) is 0 Å². The first-order chi connectivity index (χ1) is 15.9. The van der Waals surface area contributed by atoms with Gasteiger partial charge in [0.2, 0.25) is 0 Å². The topological polar surface area (TPSA) is 18.5 Å². The van der Waals surface area contributed by atoms with E-state index >= 15 is 0 Å². The molecule has 0 rings (SSSR count). The van der Waals surface area contributed by atoms with Gasteiger partial charge >= 0.3 is 0 Å². The van der Waals surface area contributed by atoms with E-state index in [1.54, 1.807) is 0 Å². The summed E-state index contributed by atoms with van der Waals surface area (Å²) < 4.78 is 11.4. The lowest BCUT2D eigenvalue weighted by molar-refractivity contribution is 0.0448. The van der Waals surface area contributed by atoms with Crippen molar-refractivity contribution in [2.75, 3.05) is 26.4 Å². The van der Waals surface area contributed by atoms with Crippen molar-refractivity contribution in [1.82, 2.24) is 0 Å². The highest BCUT2D eigenvalue weighted by Gasteiger charge is 1.96. The standard InChI is InChI=1S/C30H62O2/c1-3-5-7-9-11-13-14-15-16-17-18-19-20-22-24-26-28-32-30-29-31-27-25-23-21-12-10-8-6-4-2/h3-30H2,1-2H3. The van der Waals surface area contributed by atoms with Crippen LogP contribution in [0.2, 0.25) is 0 Å². The van der Waals surface area contributed by atoms with Gasteiger partial charge in [-0.3, -0.25) is 0 Å². The van der Waals surface area contributed by atoms with E-state index in [1.165, 1.54) is 154 Å². The first-order valence-corrected chi connectivity index (χ1v) is 15.1. The fourth-order valence-electron chi connectivity index (χ4n) is 4.41. The molecule has 0 aromatic carbocycles.